The van der Waals surface area contributed by atoms with Gasteiger partial charge in [0, 0.05) is 37.8 Å². The molecule has 6 rings (SSSR count). The minimum atomic E-state index is -0.787. The predicted molar refractivity (Wildman–Crippen MR) is 158 cm³/mol. The molecule has 11 heteroatoms. The highest BCUT2D eigenvalue weighted by Gasteiger charge is 2.43. The van der Waals surface area contributed by atoms with Crippen molar-refractivity contribution in [3.05, 3.63) is 69.8 Å². The molecule has 0 spiro atoms. The lowest BCUT2D eigenvalue weighted by Gasteiger charge is -2.46. The van der Waals surface area contributed by atoms with Crippen molar-refractivity contribution in [1.82, 2.24) is 19.9 Å². The minimum Gasteiger partial charge on any atom is -0.496 e. The fourth-order valence-electron chi connectivity index (χ4n) is 6.13. The van der Waals surface area contributed by atoms with Gasteiger partial charge in [0.2, 0.25) is 0 Å². The van der Waals surface area contributed by atoms with E-state index in [2.05, 4.69) is 10.3 Å². The fraction of sp³-hybridized carbons (Fsp3) is 0.355. The standard InChI is InChI=1S/C31H32F2N6O3/c1-15(2)24-26(16(3)10-11-34-24)39-29-18(12-20(33)25(36-29)23-19(32)8-7-9-22(23)42-6)27-28(31(39)41)37(5)30(40)21-13-35-17(4)14-38(21)27/h7-12,15,17,21,35H,13-14H2,1-6H3/t17-,21-/m1/s1. The number of aryl methyl sites for hydroxylation is 1. The van der Waals surface area contributed by atoms with E-state index in [0.29, 0.717) is 35.5 Å². The molecule has 0 unspecified atom stereocenters. The Morgan fingerprint density at radius 3 is 2.57 bits per heavy atom. The number of methoxy groups -OCH3 is 1. The summed E-state index contributed by atoms with van der Waals surface area (Å²) in [6.45, 7) is 8.55. The van der Waals surface area contributed by atoms with E-state index in [1.165, 1.54) is 40.8 Å². The maximum Gasteiger partial charge on any atom is 0.283 e. The highest BCUT2D eigenvalue weighted by molar-refractivity contribution is 6.11. The summed E-state index contributed by atoms with van der Waals surface area (Å²) in [6, 6.07) is 6.69. The lowest BCUT2D eigenvalue weighted by molar-refractivity contribution is -0.120. The normalized spacial score (nSPS) is 18.5. The first-order valence-corrected chi connectivity index (χ1v) is 13.9. The number of pyridine rings is 3. The number of ether oxygens (including phenoxy) is 1. The summed E-state index contributed by atoms with van der Waals surface area (Å²) in [6.07, 6.45) is 1.67. The van der Waals surface area contributed by atoms with Gasteiger partial charge in [-0.1, -0.05) is 19.9 Å². The van der Waals surface area contributed by atoms with Gasteiger partial charge in [0.1, 0.15) is 29.0 Å². The van der Waals surface area contributed by atoms with Gasteiger partial charge in [0.15, 0.2) is 11.5 Å². The van der Waals surface area contributed by atoms with Crippen LogP contribution in [0.1, 0.15) is 37.9 Å². The average Bonchev–Trinajstić information content (AvgIpc) is 2.95. The molecule has 42 heavy (non-hydrogen) atoms. The van der Waals surface area contributed by atoms with E-state index in [9.17, 15) is 9.59 Å². The maximum absolute atomic E-state index is 16.2. The van der Waals surface area contributed by atoms with E-state index < -0.39 is 23.2 Å². The zero-order valence-electron chi connectivity index (χ0n) is 24.3. The molecule has 1 amide bonds. The lowest BCUT2D eigenvalue weighted by Crippen LogP contribution is -2.64. The molecule has 0 saturated carbocycles. The van der Waals surface area contributed by atoms with Crippen LogP contribution in [0.25, 0.3) is 28.0 Å². The van der Waals surface area contributed by atoms with Crippen molar-refractivity contribution in [2.24, 2.45) is 0 Å². The molecule has 2 aliphatic heterocycles. The zero-order valence-corrected chi connectivity index (χ0v) is 24.3. The molecule has 0 radical (unpaired) electrons. The van der Waals surface area contributed by atoms with E-state index in [4.69, 9.17) is 9.72 Å². The highest BCUT2D eigenvalue weighted by Crippen LogP contribution is 2.43. The number of carbonyl (C=O) groups excluding carboxylic acids is 1. The number of carbonyl (C=O) groups is 1. The molecular formula is C31H32F2N6O3. The number of halogens is 2. The molecule has 1 saturated heterocycles. The lowest BCUT2D eigenvalue weighted by atomic mass is 9.99. The van der Waals surface area contributed by atoms with Crippen molar-refractivity contribution in [3.8, 4) is 22.7 Å². The Morgan fingerprint density at radius 1 is 1.10 bits per heavy atom. The first-order chi connectivity index (χ1) is 20.0. The van der Waals surface area contributed by atoms with Crippen LogP contribution in [0, 0.1) is 18.6 Å². The monoisotopic (exact) mass is 574 g/mol. The number of anilines is 2. The van der Waals surface area contributed by atoms with Crippen LogP contribution in [0.2, 0.25) is 0 Å². The van der Waals surface area contributed by atoms with E-state index in [1.54, 1.807) is 19.3 Å². The van der Waals surface area contributed by atoms with E-state index in [0.717, 1.165) is 5.56 Å². The second kappa shape index (κ2) is 10.2. The quantitative estimate of drug-likeness (QED) is 0.388. The third-order valence-corrected chi connectivity index (χ3v) is 8.15. The van der Waals surface area contributed by atoms with Gasteiger partial charge in [0.05, 0.1) is 29.7 Å². The third kappa shape index (κ3) is 4.05. The first-order valence-electron chi connectivity index (χ1n) is 13.9. The summed E-state index contributed by atoms with van der Waals surface area (Å²) in [5.41, 5.74) is 1.62. The fourth-order valence-corrected chi connectivity index (χ4v) is 6.13. The number of nitrogens with zero attached hydrogens (tertiary/aromatic N) is 5. The van der Waals surface area contributed by atoms with Crippen LogP contribution < -0.4 is 25.4 Å². The number of benzene rings is 1. The van der Waals surface area contributed by atoms with Gasteiger partial charge in [-0.05, 0) is 49.6 Å². The summed E-state index contributed by atoms with van der Waals surface area (Å²) in [7, 11) is 2.94. The van der Waals surface area contributed by atoms with Crippen LogP contribution in [0.5, 0.6) is 5.75 Å². The predicted octanol–water partition coefficient (Wildman–Crippen LogP) is 4.31. The summed E-state index contributed by atoms with van der Waals surface area (Å²) >= 11 is 0. The summed E-state index contributed by atoms with van der Waals surface area (Å²) in [4.78, 5) is 40.7. The van der Waals surface area contributed by atoms with Gasteiger partial charge in [-0.2, -0.15) is 0 Å². The Morgan fingerprint density at radius 2 is 1.86 bits per heavy atom. The van der Waals surface area contributed by atoms with Crippen LogP contribution in [0.4, 0.5) is 20.2 Å². The summed E-state index contributed by atoms with van der Waals surface area (Å²) in [5, 5.41) is 3.66. The van der Waals surface area contributed by atoms with Crippen molar-refractivity contribution in [1.29, 1.82) is 0 Å². The van der Waals surface area contributed by atoms with Crippen molar-refractivity contribution >= 4 is 28.3 Å². The first kappa shape index (κ1) is 27.8. The van der Waals surface area contributed by atoms with Crippen molar-refractivity contribution in [2.45, 2.75) is 45.7 Å². The molecule has 0 bridgehead atoms. The molecular weight excluding hydrogens is 542 g/mol. The molecule has 1 fully saturated rings. The van der Waals surface area contributed by atoms with Crippen LogP contribution in [0.15, 0.2) is 41.3 Å². The van der Waals surface area contributed by atoms with Gasteiger partial charge in [0.25, 0.3) is 11.5 Å². The Bertz CT molecular complexity index is 1820. The Labute approximate surface area is 241 Å². The number of piperazine rings is 1. The van der Waals surface area contributed by atoms with Gasteiger partial charge < -0.3 is 19.9 Å². The Balaban J connectivity index is 1.81. The van der Waals surface area contributed by atoms with Gasteiger partial charge in [-0.3, -0.25) is 19.1 Å². The number of hydrogen-bond donors (Lipinski definition) is 1. The van der Waals surface area contributed by atoms with Gasteiger partial charge >= 0.3 is 0 Å². The number of nitrogens with one attached hydrogen (secondary N) is 1. The van der Waals surface area contributed by atoms with Crippen LogP contribution in [0.3, 0.4) is 0 Å². The third-order valence-electron chi connectivity index (χ3n) is 8.15. The van der Waals surface area contributed by atoms with Crippen LogP contribution in [-0.2, 0) is 4.79 Å². The molecule has 218 valence electrons. The topological polar surface area (TPSA) is 92.6 Å². The van der Waals surface area contributed by atoms with E-state index in [-0.39, 0.29) is 46.2 Å². The zero-order chi connectivity index (χ0) is 30.0. The molecule has 9 nitrogen and oxygen atoms in total. The smallest absolute Gasteiger partial charge is 0.283 e. The summed E-state index contributed by atoms with van der Waals surface area (Å²) < 4.78 is 38.2. The maximum atomic E-state index is 16.2. The van der Waals surface area contributed by atoms with E-state index in [1.807, 2.05) is 32.6 Å². The van der Waals surface area contributed by atoms with Crippen molar-refractivity contribution in [3.63, 3.8) is 0 Å². The Hall–Kier alpha value is -4.38. The number of hydrogen-bond acceptors (Lipinski definition) is 7. The molecule has 1 aromatic carbocycles. The molecule has 1 N–H and O–H groups in total. The molecule has 3 aromatic heterocycles. The molecule has 0 aliphatic carbocycles. The second-order valence-corrected chi connectivity index (χ2v) is 11.2. The molecule has 4 aromatic rings. The largest absolute Gasteiger partial charge is 0.496 e. The molecule has 2 atom stereocenters. The second-order valence-electron chi connectivity index (χ2n) is 11.2. The minimum absolute atomic E-state index is 0.00987. The van der Waals surface area contributed by atoms with Gasteiger partial charge in [-0.25, -0.2) is 13.8 Å². The SMILES string of the molecule is COc1cccc(F)c1-c1nc2c(cc1F)c1c(c(=O)n2-c2c(C)ccnc2C(C)C)N(C)C(=O)[C@H]2CN[C@H](C)CN12. The van der Waals surface area contributed by atoms with Gasteiger partial charge in [-0.15, -0.1) is 0 Å². The number of fused-ring (bicyclic) bond motifs is 5. The number of amides is 1. The Kier molecular flexibility index (Phi) is 6.72. The summed E-state index contributed by atoms with van der Waals surface area (Å²) in [5.74, 6) is -1.71. The average molecular weight is 575 g/mol. The van der Waals surface area contributed by atoms with Crippen molar-refractivity contribution in [2.75, 3.05) is 37.0 Å². The number of rotatable bonds is 4. The number of likely N-dealkylation sites (N-methyl/N-ethyl adjacent to an activating group) is 1. The number of aromatic nitrogens is 3. The van der Waals surface area contributed by atoms with Crippen LogP contribution >= 0.6 is 0 Å². The molecule has 2 aliphatic rings. The highest BCUT2D eigenvalue weighted by atomic mass is 19.1. The molecule has 5 heterocycles. The van der Waals surface area contributed by atoms with Crippen molar-refractivity contribution < 1.29 is 18.3 Å². The van der Waals surface area contributed by atoms with Crippen LogP contribution in [-0.4, -0.2) is 59.8 Å². The van der Waals surface area contributed by atoms with E-state index >= 15 is 8.78 Å².